The van der Waals surface area contributed by atoms with E-state index in [1.54, 1.807) is 59.4 Å². The Hall–Kier alpha value is -2.60. The fourth-order valence-corrected chi connectivity index (χ4v) is 5.16. The number of carbonyl (C=O) groups excluding carboxylic acids is 2. The van der Waals surface area contributed by atoms with Gasteiger partial charge in [0.05, 0.1) is 37.1 Å². The molecule has 0 fully saturated rings. The molecule has 0 aliphatic carbocycles. The van der Waals surface area contributed by atoms with Gasteiger partial charge in [-0.3, -0.25) is 19.2 Å². The van der Waals surface area contributed by atoms with Gasteiger partial charge in [-0.2, -0.15) is 0 Å². The maximum Gasteiger partial charge on any atom is 0.323 e. The highest BCUT2D eigenvalue weighted by molar-refractivity contribution is 7.59. The molecule has 0 bridgehead atoms. The topological polar surface area (TPSA) is 173 Å². The van der Waals surface area contributed by atoms with Crippen LogP contribution in [0.15, 0.2) is 12.7 Å². The molecule has 202 valence electrons. The molecule has 0 amide bonds. The van der Waals surface area contributed by atoms with Gasteiger partial charge >= 0.3 is 11.9 Å². The summed E-state index contributed by atoms with van der Waals surface area (Å²) in [5.74, 6) is -1.26. The first-order chi connectivity index (χ1) is 16.8. The monoisotopic (exact) mass is 527 g/mol. The first kappa shape index (κ1) is 29.6. The number of aromatic nitrogens is 4. The molecule has 0 aromatic carbocycles. The van der Waals surface area contributed by atoms with Crippen LogP contribution in [0.4, 0.5) is 5.82 Å². The molecule has 2 heterocycles. The molecule has 2 aromatic heterocycles. The molecule has 0 unspecified atom stereocenters. The van der Waals surface area contributed by atoms with Crippen LogP contribution in [0.5, 0.6) is 0 Å². The zero-order valence-electron chi connectivity index (χ0n) is 21.9. The Morgan fingerprint density at radius 2 is 1.67 bits per heavy atom. The lowest BCUT2D eigenvalue weighted by Gasteiger charge is -2.27. The molecule has 0 radical (unpaired) electrons. The van der Waals surface area contributed by atoms with Gasteiger partial charge in [0.25, 0.3) is 0 Å². The standard InChI is InChI=1S/C22H38N7O6P/c1-13(2)34-21(30)15(5)8-27-36(32,28-17(7)22(31)35-14(3)4)12-33-16(6)9-29-11-26-18-19(23)24-10-25-20(18)29/h10-11,13-17H,8-9,12H2,1-7H3,(H2,23,24,25)(H2,27,28,32)/t15-,16-,17+,36+/m1/s1. The largest absolute Gasteiger partial charge is 0.463 e. The second kappa shape index (κ2) is 13.1. The van der Waals surface area contributed by atoms with Gasteiger partial charge in [-0.15, -0.1) is 0 Å². The highest BCUT2D eigenvalue weighted by Crippen LogP contribution is 2.37. The Balaban J connectivity index is 2.08. The van der Waals surface area contributed by atoms with Crippen LogP contribution in [0.1, 0.15) is 48.5 Å². The van der Waals surface area contributed by atoms with Crippen molar-refractivity contribution in [3.8, 4) is 0 Å². The Labute approximate surface area is 211 Å². The Bertz CT molecular complexity index is 1080. The van der Waals surface area contributed by atoms with Crippen molar-refractivity contribution < 1.29 is 28.4 Å². The maximum atomic E-state index is 13.8. The van der Waals surface area contributed by atoms with E-state index in [2.05, 4.69) is 25.1 Å². The van der Waals surface area contributed by atoms with Crippen LogP contribution in [0.3, 0.4) is 0 Å². The van der Waals surface area contributed by atoms with E-state index in [1.807, 2.05) is 0 Å². The third kappa shape index (κ3) is 8.81. The highest BCUT2D eigenvalue weighted by Gasteiger charge is 2.31. The minimum atomic E-state index is -3.50. The predicted molar refractivity (Wildman–Crippen MR) is 135 cm³/mol. The van der Waals surface area contributed by atoms with Gasteiger partial charge in [-0.1, -0.05) is 6.92 Å². The number of hydrogen-bond acceptors (Lipinski definition) is 10. The number of anilines is 1. The Kier molecular flexibility index (Phi) is 10.8. The van der Waals surface area contributed by atoms with Crippen molar-refractivity contribution in [2.45, 2.75) is 79.4 Å². The molecule has 4 atom stereocenters. The molecular weight excluding hydrogens is 489 g/mol. The molecule has 0 spiro atoms. The van der Waals surface area contributed by atoms with Crippen LogP contribution in [0.2, 0.25) is 0 Å². The molecular formula is C22H38N7O6P. The number of ether oxygens (including phenoxy) is 3. The zero-order valence-corrected chi connectivity index (χ0v) is 22.8. The van der Waals surface area contributed by atoms with Crippen molar-refractivity contribution in [3.63, 3.8) is 0 Å². The van der Waals surface area contributed by atoms with E-state index in [1.165, 1.54) is 6.33 Å². The highest BCUT2D eigenvalue weighted by atomic mass is 31.2. The third-order valence-electron chi connectivity index (χ3n) is 4.94. The lowest BCUT2D eigenvalue weighted by atomic mass is 10.2. The number of hydrogen-bond donors (Lipinski definition) is 3. The first-order valence-corrected chi connectivity index (χ1v) is 13.8. The van der Waals surface area contributed by atoms with Crippen LogP contribution in [-0.4, -0.2) is 68.7 Å². The Morgan fingerprint density at radius 1 is 1.03 bits per heavy atom. The number of imidazole rings is 1. The normalized spacial score (nSPS) is 16.0. The lowest BCUT2D eigenvalue weighted by molar-refractivity contribution is -0.151. The minimum absolute atomic E-state index is 0.0574. The number of fused-ring (bicyclic) bond motifs is 1. The molecule has 2 rings (SSSR count). The van der Waals surface area contributed by atoms with E-state index in [-0.39, 0.29) is 30.9 Å². The van der Waals surface area contributed by atoms with Crippen LogP contribution in [0.25, 0.3) is 11.2 Å². The number of carbonyl (C=O) groups is 2. The average molecular weight is 528 g/mol. The molecule has 36 heavy (non-hydrogen) atoms. The first-order valence-electron chi connectivity index (χ1n) is 11.9. The van der Waals surface area contributed by atoms with Crippen LogP contribution < -0.4 is 15.9 Å². The van der Waals surface area contributed by atoms with E-state index < -0.39 is 37.4 Å². The molecule has 0 aliphatic heterocycles. The fourth-order valence-electron chi connectivity index (χ4n) is 3.14. The van der Waals surface area contributed by atoms with Gasteiger partial charge in [-0.25, -0.2) is 20.0 Å². The summed E-state index contributed by atoms with van der Waals surface area (Å²) in [5.41, 5.74) is 6.88. The van der Waals surface area contributed by atoms with Gasteiger partial charge in [-0.05, 0) is 41.5 Å². The van der Waals surface area contributed by atoms with E-state index in [9.17, 15) is 14.2 Å². The SMILES string of the molecule is CC(C)OC(=O)[C@H](C)CN[P@@](=O)(CO[C@H](C)Cn1cnc2c(N)ncnc21)N[C@@H](C)C(=O)OC(C)C. The quantitative estimate of drug-likeness (QED) is 0.241. The van der Waals surface area contributed by atoms with Gasteiger partial charge < -0.3 is 24.5 Å². The second-order valence-electron chi connectivity index (χ2n) is 9.26. The number of rotatable bonds is 14. The summed E-state index contributed by atoms with van der Waals surface area (Å²) in [6, 6.07) is -0.875. The fraction of sp³-hybridized carbons (Fsp3) is 0.682. The van der Waals surface area contributed by atoms with Crippen molar-refractivity contribution in [1.82, 2.24) is 29.7 Å². The molecule has 13 nitrogen and oxygen atoms in total. The van der Waals surface area contributed by atoms with Crippen molar-refractivity contribution in [3.05, 3.63) is 12.7 Å². The number of nitrogens with two attached hydrogens (primary N) is 1. The van der Waals surface area contributed by atoms with E-state index in [0.29, 0.717) is 17.7 Å². The second-order valence-corrected chi connectivity index (χ2v) is 11.6. The summed E-state index contributed by atoms with van der Waals surface area (Å²) in [6.07, 6.45) is 1.70. The van der Waals surface area contributed by atoms with Gasteiger partial charge in [0, 0.05) is 6.54 Å². The smallest absolute Gasteiger partial charge is 0.323 e. The summed E-state index contributed by atoms with van der Waals surface area (Å²) in [4.78, 5) is 36.9. The van der Waals surface area contributed by atoms with Crippen molar-refractivity contribution in [1.29, 1.82) is 0 Å². The van der Waals surface area contributed by atoms with Gasteiger partial charge in [0.1, 0.15) is 24.2 Å². The summed E-state index contributed by atoms with van der Waals surface area (Å²) in [6.45, 7) is 12.4. The van der Waals surface area contributed by atoms with Crippen LogP contribution in [-0.2, 0) is 34.9 Å². The third-order valence-corrected chi connectivity index (χ3v) is 6.95. The summed E-state index contributed by atoms with van der Waals surface area (Å²) < 4.78 is 31.9. The van der Waals surface area contributed by atoms with Gasteiger partial charge in [0.2, 0.25) is 7.44 Å². The summed E-state index contributed by atoms with van der Waals surface area (Å²) >= 11 is 0. The van der Waals surface area contributed by atoms with Crippen LogP contribution in [0, 0.1) is 5.92 Å². The van der Waals surface area contributed by atoms with E-state index in [0.717, 1.165) is 0 Å². The average Bonchev–Trinajstić information content (AvgIpc) is 3.19. The molecule has 0 aliphatic rings. The predicted octanol–water partition coefficient (Wildman–Crippen LogP) is 2.07. The molecule has 0 saturated heterocycles. The molecule has 4 N–H and O–H groups in total. The summed E-state index contributed by atoms with van der Waals surface area (Å²) in [7, 11) is -3.50. The maximum absolute atomic E-state index is 13.8. The molecule has 0 saturated carbocycles. The minimum Gasteiger partial charge on any atom is -0.463 e. The van der Waals surface area contributed by atoms with Gasteiger partial charge in [0.15, 0.2) is 11.5 Å². The zero-order chi connectivity index (χ0) is 27.0. The lowest BCUT2D eigenvalue weighted by Crippen LogP contribution is -2.40. The van der Waals surface area contributed by atoms with Crippen molar-refractivity contribution in [2.75, 3.05) is 18.6 Å². The number of nitrogen functional groups attached to an aromatic ring is 1. The summed E-state index contributed by atoms with van der Waals surface area (Å²) in [5, 5.41) is 5.72. The van der Waals surface area contributed by atoms with Crippen LogP contribution >= 0.6 is 7.44 Å². The van der Waals surface area contributed by atoms with E-state index >= 15 is 0 Å². The van der Waals surface area contributed by atoms with Crippen molar-refractivity contribution in [2.24, 2.45) is 5.92 Å². The molecule has 14 heteroatoms. The number of esters is 2. The van der Waals surface area contributed by atoms with Crippen molar-refractivity contribution >= 4 is 36.4 Å². The number of nitrogens with zero attached hydrogens (tertiary/aromatic N) is 4. The van der Waals surface area contributed by atoms with E-state index in [4.69, 9.17) is 19.9 Å². The Morgan fingerprint density at radius 3 is 2.31 bits per heavy atom. The molecule has 2 aromatic rings. The number of nitrogens with one attached hydrogen (secondary N) is 2.